The third-order valence-electron chi connectivity index (χ3n) is 7.05. The fraction of sp³-hybridized carbons (Fsp3) is 0.650. The van der Waals surface area contributed by atoms with Crippen LogP contribution < -0.4 is 20.5 Å². The summed E-state index contributed by atoms with van der Waals surface area (Å²) >= 11 is 3.21. The quantitative estimate of drug-likeness (QED) is 0.573. The van der Waals surface area contributed by atoms with Crippen molar-refractivity contribution in [3.05, 3.63) is 22.2 Å². The maximum absolute atomic E-state index is 13.3. The van der Waals surface area contributed by atoms with E-state index in [1.54, 1.807) is 0 Å². The highest BCUT2D eigenvalue weighted by Gasteiger charge is 2.52. The highest BCUT2D eigenvalue weighted by atomic mass is 79.9. The van der Waals surface area contributed by atoms with E-state index in [9.17, 15) is 13.2 Å². The van der Waals surface area contributed by atoms with E-state index in [0.717, 1.165) is 44.6 Å². The zero-order chi connectivity index (χ0) is 20.8. The number of carbonyl (C=O) groups is 1. The molecule has 2 atom stereocenters. The smallest absolute Gasteiger partial charge is 0.255 e. The van der Waals surface area contributed by atoms with Gasteiger partial charge in [0, 0.05) is 10.5 Å². The highest BCUT2D eigenvalue weighted by Crippen LogP contribution is 2.57. The van der Waals surface area contributed by atoms with E-state index in [2.05, 4.69) is 26.6 Å². The van der Waals surface area contributed by atoms with Crippen LogP contribution in [0, 0.1) is 11.3 Å². The van der Waals surface area contributed by atoms with Crippen molar-refractivity contribution in [3.8, 4) is 5.75 Å². The Bertz CT molecular complexity index is 907. The molecule has 7 nitrogen and oxygen atoms in total. The van der Waals surface area contributed by atoms with Crippen LogP contribution in [0.3, 0.4) is 0 Å². The van der Waals surface area contributed by atoms with Crippen LogP contribution in [0.2, 0.25) is 0 Å². The molecule has 3 fully saturated rings. The number of hydrogen-bond acceptors (Lipinski definition) is 5. The number of primary sulfonamides is 1. The van der Waals surface area contributed by atoms with Crippen LogP contribution in [-0.2, 0) is 10.0 Å². The van der Waals surface area contributed by atoms with Gasteiger partial charge in [0.05, 0.1) is 23.6 Å². The van der Waals surface area contributed by atoms with Gasteiger partial charge in [-0.15, -0.1) is 0 Å². The Morgan fingerprint density at radius 2 is 2.07 bits per heavy atom. The zero-order valence-electron chi connectivity index (χ0n) is 16.5. The summed E-state index contributed by atoms with van der Waals surface area (Å²) in [5, 5.41) is 12.2. The number of carbonyl (C=O) groups excluding carboxylic acids is 1. The molecule has 0 spiro atoms. The van der Waals surface area contributed by atoms with Gasteiger partial charge in [-0.1, -0.05) is 0 Å². The van der Waals surface area contributed by atoms with Crippen molar-refractivity contribution < 1.29 is 17.9 Å². The lowest BCUT2D eigenvalue weighted by Crippen LogP contribution is -2.56. The van der Waals surface area contributed by atoms with Crippen LogP contribution in [0.5, 0.6) is 5.75 Å². The Morgan fingerprint density at radius 1 is 1.34 bits per heavy atom. The predicted octanol–water partition coefficient (Wildman–Crippen LogP) is 2.54. The van der Waals surface area contributed by atoms with Gasteiger partial charge in [0.25, 0.3) is 5.91 Å². The molecule has 2 saturated carbocycles. The maximum Gasteiger partial charge on any atom is 0.255 e. The van der Waals surface area contributed by atoms with Gasteiger partial charge in [0.15, 0.2) is 0 Å². The number of nitrogens with one attached hydrogen (secondary N) is 2. The SMILES string of the molecule is COc1cc(Br)c(S(N)(=O)=O)cc1C(=O)NC(C1CCCN1)C12CCC(CC1)C2. The molecule has 1 aromatic rings. The van der Waals surface area contributed by atoms with Crippen LogP contribution >= 0.6 is 15.9 Å². The van der Waals surface area contributed by atoms with Crippen molar-refractivity contribution in [3.63, 3.8) is 0 Å². The lowest BCUT2D eigenvalue weighted by molar-refractivity contribution is 0.0841. The number of hydrogen-bond donors (Lipinski definition) is 3. The van der Waals surface area contributed by atoms with E-state index >= 15 is 0 Å². The Labute approximate surface area is 180 Å². The minimum Gasteiger partial charge on any atom is -0.496 e. The van der Waals surface area contributed by atoms with Crippen molar-refractivity contribution in [2.45, 2.75) is 61.9 Å². The number of ether oxygens (including phenoxy) is 1. The number of fused-ring (bicyclic) bond motifs is 2. The van der Waals surface area contributed by atoms with Gasteiger partial charge in [0.2, 0.25) is 10.0 Å². The zero-order valence-corrected chi connectivity index (χ0v) is 18.9. The van der Waals surface area contributed by atoms with E-state index in [4.69, 9.17) is 9.88 Å². The summed E-state index contributed by atoms with van der Waals surface area (Å²) < 4.78 is 29.5. The fourth-order valence-electron chi connectivity index (χ4n) is 5.67. The summed E-state index contributed by atoms with van der Waals surface area (Å²) in [5.74, 6) is 0.766. The molecule has 29 heavy (non-hydrogen) atoms. The van der Waals surface area contributed by atoms with Gasteiger partial charge in [-0.25, -0.2) is 13.6 Å². The number of benzene rings is 1. The Hall–Kier alpha value is -1.16. The molecule has 4 rings (SSSR count). The molecule has 4 N–H and O–H groups in total. The van der Waals surface area contributed by atoms with Crippen LogP contribution in [0.1, 0.15) is 55.3 Å². The molecule has 2 unspecified atom stereocenters. The van der Waals surface area contributed by atoms with Crippen LogP contribution in [0.25, 0.3) is 0 Å². The predicted molar refractivity (Wildman–Crippen MR) is 113 cm³/mol. The third kappa shape index (κ3) is 3.94. The lowest BCUT2D eigenvalue weighted by atomic mass is 9.73. The van der Waals surface area contributed by atoms with Crippen molar-refractivity contribution >= 4 is 31.9 Å². The molecule has 160 valence electrons. The van der Waals surface area contributed by atoms with E-state index in [0.29, 0.717) is 5.75 Å². The number of halogens is 1. The molecule has 3 aliphatic rings. The van der Waals surface area contributed by atoms with Crippen LogP contribution in [-0.4, -0.2) is 40.1 Å². The third-order valence-corrected chi connectivity index (χ3v) is 8.92. The second-order valence-corrected chi connectivity index (χ2v) is 11.1. The second-order valence-electron chi connectivity index (χ2n) is 8.69. The van der Waals surface area contributed by atoms with Crippen LogP contribution in [0.4, 0.5) is 0 Å². The van der Waals surface area contributed by atoms with Gasteiger partial charge in [-0.3, -0.25) is 4.79 Å². The van der Waals surface area contributed by atoms with E-state index in [1.807, 2.05) is 0 Å². The first-order valence-electron chi connectivity index (χ1n) is 10.2. The minimum absolute atomic E-state index is 0.0243. The number of methoxy groups -OCH3 is 1. The average Bonchev–Trinajstić information content (AvgIpc) is 3.42. The van der Waals surface area contributed by atoms with Crippen molar-refractivity contribution in [2.24, 2.45) is 16.5 Å². The van der Waals surface area contributed by atoms with Gasteiger partial charge in [-0.05, 0) is 90.9 Å². The summed E-state index contributed by atoms with van der Waals surface area (Å²) in [7, 11) is -2.52. The van der Waals surface area contributed by atoms with E-state index < -0.39 is 10.0 Å². The molecule has 2 aliphatic carbocycles. The molecule has 1 saturated heterocycles. The molecular formula is C20H28BrN3O4S. The van der Waals surface area contributed by atoms with Gasteiger partial charge in [0.1, 0.15) is 5.75 Å². The summed E-state index contributed by atoms with van der Waals surface area (Å²) in [5.41, 5.74) is 0.319. The number of rotatable bonds is 6. The van der Waals surface area contributed by atoms with Crippen molar-refractivity contribution in [1.82, 2.24) is 10.6 Å². The van der Waals surface area contributed by atoms with E-state index in [-0.39, 0.29) is 38.3 Å². The maximum atomic E-state index is 13.3. The van der Waals surface area contributed by atoms with Crippen molar-refractivity contribution in [1.29, 1.82) is 0 Å². The van der Waals surface area contributed by atoms with Crippen molar-refractivity contribution in [2.75, 3.05) is 13.7 Å². The van der Waals surface area contributed by atoms with Crippen LogP contribution in [0.15, 0.2) is 21.5 Å². The summed E-state index contributed by atoms with van der Waals surface area (Å²) in [6.45, 7) is 0.966. The summed E-state index contributed by atoms with van der Waals surface area (Å²) in [6.07, 6.45) is 8.05. The topological polar surface area (TPSA) is 111 Å². The first-order valence-corrected chi connectivity index (χ1v) is 12.5. The summed E-state index contributed by atoms with van der Waals surface area (Å²) in [4.78, 5) is 13.2. The van der Waals surface area contributed by atoms with Gasteiger partial charge in [-0.2, -0.15) is 0 Å². The first kappa shape index (κ1) is 21.1. The van der Waals surface area contributed by atoms with Gasteiger partial charge >= 0.3 is 0 Å². The number of nitrogens with two attached hydrogens (primary N) is 1. The molecule has 2 bridgehead atoms. The monoisotopic (exact) mass is 485 g/mol. The fourth-order valence-corrected chi connectivity index (χ4v) is 7.28. The highest BCUT2D eigenvalue weighted by molar-refractivity contribution is 9.10. The number of sulfonamides is 1. The molecule has 1 aliphatic heterocycles. The average molecular weight is 486 g/mol. The Morgan fingerprint density at radius 3 is 2.59 bits per heavy atom. The number of amides is 1. The molecule has 0 radical (unpaired) electrons. The minimum atomic E-state index is -3.98. The standard InChI is InChI=1S/C20H28BrN3O4S/c1-28-16-10-14(21)17(29(22,26)27)9-13(16)19(25)24-18(15-3-2-8-23-15)20-6-4-12(11-20)5-7-20/h9-10,12,15,18,23H,2-8,11H2,1H3,(H,24,25)(H2,22,26,27). The van der Waals surface area contributed by atoms with Gasteiger partial charge < -0.3 is 15.4 Å². The Balaban J connectivity index is 1.67. The molecule has 1 heterocycles. The molecule has 9 heteroatoms. The normalized spacial score (nSPS) is 29.8. The first-order chi connectivity index (χ1) is 13.7. The summed E-state index contributed by atoms with van der Waals surface area (Å²) in [6, 6.07) is 3.05. The van der Waals surface area contributed by atoms with E-state index in [1.165, 1.54) is 32.1 Å². The molecular weight excluding hydrogens is 458 g/mol. The lowest BCUT2D eigenvalue weighted by Gasteiger charge is -2.40. The molecule has 1 aromatic carbocycles. The largest absolute Gasteiger partial charge is 0.496 e. The second kappa shape index (κ2) is 7.83. The Kier molecular flexibility index (Phi) is 5.69. The molecule has 0 aromatic heterocycles. The molecule has 1 amide bonds.